The normalized spacial score (nSPS) is 14.8. The van der Waals surface area contributed by atoms with E-state index in [1.807, 2.05) is 47.4 Å². The fraction of sp³-hybridized carbons (Fsp3) is 0.278. The van der Waals surface area contributed by atoms with E-state index in [-0.39, 0.29) is 6.03 Å². The Hall–Kier alpha value is -2.29. The Balaban J connectivity index is 1.65. The molecular weight excluding hydrogens is 260 g/mol. The van der Waals surface area contributed by atoms with Crippen LogP contribution in [0.2, 0.25) is 0 Å². The molecule has 0 aromatic heterocycles. The van der Waals surface area contributed by atoms with Gasteiger partial charge in [-0.1, -0.05) is 42.5 Å². The Morgan fingerprint density at radius 2 is 1.43 bits per heavy atom. The van der Waals surface area contributed by atoms with Crippen LogP contribution in [0.3, 0.4) is 0 Å². The van der Waals surface area contributed by atoms with Crippen molar-refractivity contribution in [2.24, 2.45) is 0 Å². The van der Waals surface area contributed by atoms with Crippen molar-refractivity contribution in [1.29, 1.82) is 0 Å². The third kappa shape index (κ3) is 3.43. The van der Waals surface area contributed by atoms with Gasteiger partial charge in [0, 0.05) is 18.8 Å². The van der Waals surface area contributed by atoms with Crippen LogP contribution in [0.1, 0.15) is 19.3 Å². The van der Waals surface area contributed by atoms with Crippen molar-refractivity contribution in [2.75, 3.05) is 18.4 Å². The van der Waals surface area contributed by atoms with E-state index in [4.69, 9.17) is 0 Å². The SMILES string of the molecule is O=C(Nc1ccc(-c2ccccc2)cc1)N1CCCCC1. The molecule has 1 fully saturated rings. The number of amides is 2. The summed E-state index contributed by atoms with van der Waals surface area (Å²) in [4.78, 5) is 14.0. The molecular formula is C18H20N2O. The third-order valence-corrected chi connectivity index (χ3v) is 3.89. The maximum atomic E-state index is 12.1. The van der Waals surface area contributed by atoms with Crippen LogP contribution in [0.4, 0.5) is 10.5 Å². The Morgan fingerprint density at radius 1 is 0.810 bits per heavy atom. The Kier molecular flexibility index (Phi) is 4.20. The van der Waals surface area contributed by atoms with Gasteiger partial charge in [-0.25, -0.2) is 4.79 Å². The predicted octanol–water partition coefficient (Wildman–Crippen LogP) is 4.37. The van der Waals surface area contributed by atoms with E-state index in [1.165, 1.54) is 12.0 Å². The first-order valence-electron chi connectivity index (χ1n) is 7.54. The van der Waals surface area contributed by atoms with Gasteiger partial charge in [-0.05, 0) is 42.5 Å². The molecule has 0 spiro atoms. The molecule has 21 heavy (non-hydrogen) atoms. The van der Waals surface area contributed by atoms with E-state index in [1.54, 1.807) is 0 Å². The number of rotatable bonds is 2. The molecule has 1 saturated heterocycles. The van der Waals surface area contributed by atoms with Gasteiger partial charge in [-0.2, -0.15) is 0 Å². The number of benzene rings is 2. The second kappa shape index (κ2) is 6.44. The van der Waals surface area contributed by atoms with Gasteiger partial charge in [-0.3, -0.25) is 0 Å². The summed E-state index contributed by atoms with van der Waals surface area (Å²) in [5, 5.41) is 2.98. The topological polar surface area (TPSA) is 32.3 Å². The van der Waals surface area contributed by atoms with Crippen molar-refractivity contribution in [1.82, 2.24) is 4.90 Å². The maximum Gasteiger partial charge on any atom is 0.321 e. The van der Waals surface area contributed by atoms with Crippen LogP contribution in [-0.2, 0) is 0 Å². The summed E-state index contributed by atoms with van der Waals surface area (Å²) in [6.07, 6.45) is 3.45. The molecule has 3 nitrogen and oxygen atoms in total. The van der Waals surface area contributed by atoms with Crippen molar-refractivity contribution in [2.45, 2.75) is 19.3 Å². The molecule has 1 aliphatic heterocycles. The third-order valence-electron chi connectivity index (χ3n) is 3.89. The maximum absolute atomic E-state index is 12.1. The molecule has 3 rings (SSSR count). The number of nitrogens with zero attached hydrogens (tertiary/aromatic N) is 1. The monoisotopic (exact) mass is 280 g/mol. The summed E-state index contributed by atoms with van der Waals surface area (Å²) in [7, 11) is 0. The predicted molar refractivity (Wildman–Crippen MR) is 86.3 cm³/mol. The Morgan fingerprint density at radius 3 is 2.10 bits per heavy atom. The second-order valence-electron chi connectivity index (χ2n) is 5.42. The molecule has 0 aliphatic carbocycles. The molecule has 2 aromatic rings. The lowest BCUT2D eigenvalue weighted by Crippen LogP contribution is -2.38. The van der Waals surface area contributed by atoms with Gasteiger partial charge >= 0.3 is 6.03 Å². The summed E-state index contributed by atoms with van der Waals surface area (Å²) in [6, 6.07) is 18.3. The molecule has 1 heterocycles. The molecule has 1 N–H and O–H groups in total. The number of urea groups is 1. The average Bonchev–Trinajstić information content (AvgIpc) is 2.57. The first kappa shape index (κ1) is 13.7. The highest BCUT2D eigenvalue weighted by atomic mass is 16.2. The van der Waals surface area contributed by atoms with E-state index in [0.29, 0.717) is 0 Å². The van der Waals surface area contributed by atoms with E-state index in [2.05, 4.69) is 17.4 Å². The van der Waals surface area contributed by atoms with Crippen LogP contribution in [0.15, 0.2) is 54.6 Å². The average molecular weight is 280 g/mol. The van der Waals surface area contributed by atoms with Crippen molar-refractivity contribution >= 4 is 11.7 Å². The molecule has 0 atom stereocenters. The van der Waals surface area contributed by atoms with Gasteiger partial charge in [-0.15, -0.1) is 0 Å². The minimum absolute atomic E-state index is 0.0159. The Bertz CT molecular complexity index is 586. The van der Waals surface area contributed by atoms with Gasteiger partial charge in [0.25, 0.3) is 0 Å². The van der Waals surface area contributed by atoms with Crippen LogP contribution in [0.25, 0.3) is 11.1 Å². The number of anilines is 1. The molecule has 0 radical (unpaired) electrons. The van der Waals surface area contributed by atoms with Crippen LogP contribution in [-0.4, -0.2) is 24.0 Å². The van der Waals surface area contributed by atoms with Gasteiger partial charge in [0.05, 0.1) is 0 Å². The minimum Gasteiger partial charge on any atom is -0.325 e. The zero-order chi connectivity index (χ0) is 14.5. The number of likely N-dealkylation sites (tertiary alicyclic amines) is 1. The number of carbonyl (C=O) groups excluding carboxylic acids is 1. The first-order chi connectivity index (χ1) is 10.3. The molecule has 1 aliphatic rings. The van der Waals surface area contributed by atoms with Gasteiger partial charge in [0.2, 0.25) is 0 Å². The van der Waals surface area contributed by atoms with Crippen LogP contribution in [0, 0.1) is 0 Å². The highest BCUT2D eigenvalue weighted by molar-refractivity contribution is 5.89. The van der Waals surface area contributed by atoms with Crippen molar-refractivity contribution in [3.05, 3.63) is 54.6 Å². The zero-order valence-electron chi connectivity index (χ0n) is 12.1. The first-order valence-corrected chi connectivity index (χ1v) is 7.54. The smallest absolute Gasteiger partial charge is 0.321 e. The fourth-order valence-corrected chi connectivity index (χ4v) is 2.68. The molecule has 0 saturated carbocycles. The van der Waals surface area contributed by atoms with Crippen LogP contribution < -0.4 is 5.32 Å². The van der Waals surface area contributed by atoms with Crippen LogP contribution in [0.5, 0.6) is 0 Å². The molecule has 2 aromatic carbocycles. The number of carbonyl (C=O) groups is 1. The largest absolute Gasteiger partial charge is 0.325 e. The molecule has 0 unspecified atom stereocenters. The number of hydrogen-bond acceptors (Lipinski definition) is 1. The van der Waals surface area contributed by atoms with Crippen molar-refractivity contribution in [3.63, 3.8) is 0 Å². The number of piperidine rings is 1. The lowest BCUT2D eigenvalue weighted by molar-refractivity contribution is 0.200. The lowest BCUT2D eigenvalue weighted by Gasteiger charge is -2.26. The fourth-order valence-electron chi connectivity index (χ4n) is 2.68. The summed E-state index contributed by atoms with van der Waals surface area (Å²) in [5.41, 5.74) is 3.20. The summed E-state index contributed by atoms with van der Waals surface area (Å²) in [6.45, 7) is 1.74. The second-order valence-corrected chi connectivity index (χ2v) is 5.42. The molecule has 0 bridgehead atoms. The van der Waals surface area contributed by atoms with Gasteiger partial charge < -0.3 is 10.2 Å². The molecule has 2 amide bonds. The number of nitrogens with one attached hydrogen (secondary N) is 1. The highest BCUT2D eigenvalue weighted by Crippen LogP contribution is 2.21. The van der Waals surface area contributed by atoms with Gasteiger partial charge in [0.15, 0.2) is 0 Å². The summed E-state index contributed by atoms with van der Waals surface area (Å²) in [5.74, 6) is 0. The van der Waals surface area contributed by atoms with E-state index >= 15 is 0 Å². The van der Waals surface area contributed by atoms with Gasteiger partial charge in [0.1, 0.15) is 0 Å². The molecule has 108 valence electrons. The summed E-state index contributed by atoms with van der Waals surface area (Å²) < 4.78 is 0. The van der Waals surface area contributed by atoms with Crippen LogP contribution >= 0.6 is 0 Å². The summed E-state index contributed by atoms with van der Waals surface area (Å²) >= 11 is 0. The number of hydrogen-bond donors (Lipinski definition) is 1. The van der Waals surface area contributed by atoms with E-state index in [9.17, 15) is 4.79 Å². The lowest BCUT2D eigenvalue weighted by atomic mass is 10.1. The minimum atomic E-state index is 0.0159. The van der Waals surface area contributed by atoms with Crippen molar-refractivity contribution in [3.8, 4) is 11.1 Å². The van der Waals surface area contributed by atoms with E-state index in [0.717, 1.165) is 37.2 Å². The quantitative estimate of drug-likeness (QED) is 0.870. The van der Waals surface area contributed by atoms with Crippen molar-refractivity contribution < 1.29 is 4.79 Å². The standard InChI is InChI=1S/C18H20N2O/c21-18(20-13-5-2-6-14-20)19-17-11-9-16(10-12-17)15-7-3-1-4-8-15/h1,3-4,7-12H,2,5-6,13-14H2,(H,19,21). The molecule has 3 heteroatoms. The Labute approximate surface area is 125 Å². The van der Waals surface area contributed by atoms with E-state index < -0.39 is 0 Å². The zero-order valence-corrected chi connectivity index (χ0v) is 12.1. The highest BCUT2D eigenvalue weighted by Gasteiger charge is 2.16.